The van der Waals surface area contributed by atoms with Gasteiger partial charge in [-0.15, -0.1) is 10.2 Å². The van der Waals surface area contributed by atoms with Gasteiger partial charge in [-0.2, -0.15) is 0 Å². The molecule has 0 saturated heterocycles. The Kier molecular flexibility index (Phi) is 5.77. The Hall–Kier alpha value is -2.12. The summed E-state index contributed by atoms with van der Waals surface area (Å²) in [6.45, 7) is 2.16. The molecule has 0 unspecified atom stereocenters. The molecular formula is C11H19N5O3. The molecule has 0 aromatic carbocycles. The third kappa shape index (κ3) is 4.94. The van der Waals surface area contributed by atoms with Crippen LogP contribution in [0.4, 0.5) is 4.79 Å². The van der Waals surface area contributed by atoms with Gasteiger partial charge in [0.05, 0.1) is 6.54 Å². The van der Waals surface area contributed by atoms with E-state index in [1.165, 1.54) is 6.33 Å². The maximum Gasteiger partial charge on any atom is 0.326 e. The Labute approximate surface area is 111 Å². The van der Waals surface area contributed by atoms with Crippen LogP contribution in [0.15, 0.2) is 6.33 Å². The number of aliphatic carboxylic acids is 1. The Morgan fingerprint density at radius 2 is 2.26 bits per heavy atom. The van der Waals surface area contributed by atoms with E-state index in [1.54, 1.807) is 11.6 Å². The molecule has 1 rings (SSSR count). The minimum Gasteiger partial charge on any atom is -0.480 e. The number of nitrogens with one attached hydrogen (secondary N) is 2. The van der Waals surface area contributed by atoms with Gasteiger partial charge in [-0.25, -0.2) is 9.59 Å². The van der Waals surface area contributed by atoms with Crippen LogP contribution in [-0.2, 0) is 18.4 Å². The van der Waals surface area contributed by atoms with Crippen molar-refractivity contribution in [3.05, 3.63) is 12.2 Å². The summed E-state index contributed by atoms with van der Waals surface area (Å²) in [5, 5.41) is 21.4. The van der Waals surface area contributed by atoms with Gasteiger partial charge >= 0.3 is 12.0 Å². The van der Waals surface area contributed by atoms with Crippen molar-refractivity contribution in [2.24, 2.45) is 7.05 Å². The van der Waals surface area contributed by atoms with Crippen LogP contribution in [-0.4, -0.2) is 37.9 Å². The maximum absolute atomic E-state index is 11.6. The first kappa shape index (κ1) is 14.9. The highest BCUT2D eigenvalue weighted by Crippen LogP contribution is 2.00. The molecular weight excluding hydrogens is 250 g/mol. The normalized spacial score (nSPS) is 11.9. The van der Waals surface area contributed by atoms with E-state index in [-0.39, 0.29) is 6.54 Å². The zero-order valence-electron chi connectivity index (χ0n) is 11.1. The van der Waals surface area contributed by atoms with Crippen molar-refractivity contribution in [1.29, 1.82) is 0 Å². The van der Waals surface area contributed by atoms with Gasteiger partial charge in [0.1, 0.15) is 12.4 Å². The predicted molar refractivity (Wildman–Crippen MR) is 67.3 cm³/mol. The number of carboxylic acids is 1. The van der Waals surface area contributed by atoms with Gasteiger partial charge in [-0.3, -0.25) is 0 Å². The number of amides is 2. The van der Waals surface area contributed by atoms with Crippen molar-refractivity contribution in [1.82, 2.24) is 25.4 Å². The van der Waals surface area contributed by atoms with Crippen molar-refractivity contribution in [2.45, 2.75) is 38.8 Å². The Morgan fingerprint density at radius 3 is 2.79 bits per heavy atom. The van der Waals surface area contributed by atoms with Gasteiger partial charge in [0, 0.05) is 7.05 Å². The number of carboxylic acid groups (broad SMARTS) is 1. The summed E-state index contributed by atoms with van der Waals surface area (Å²) in [4.78, 5) is 22.5. The Bertz CT molecular complexity index is 432. The van der Waals surface area contributed by atoms with Crippen molar-refractivity contribution in [2.75, 3.05) is 0 Å². The SMILES string of the molecule is CCCC[C@H](NC(=O)NCc1nncn1C)C(=O)O. The second kappa shape index (κ2) is 7.34. The van der Waals surface area contributed by atoms with E-state index in [4.69, 9.17) is 5.11 Å². The number of unbranched alkanes of at least 4 members (excludes halogenated alkanes) is 1. The maximum atomic E-state index is 11.6. The van der Waals surface area contributed by atoms with E-state index < -0.39 is 18.0 Å². The quantitative estimate of drug-likeness (QED) is 0.657. The van der Waals surface area contributed by atoms with Crippen LogP contribution in [0.25, 0.3) is 0 Å². The van der Waals surface area contributed by atoms with Crippen molar-refractivity contribution < 1.29 is 14.7 Å². The number of urea groups is 1. The zero-order chi connectivity index (χ0) is 14.3. The van der Waals surface area contributed by atoms with Gasteiger partial charge in [0.2, 0.25) is 0 Å². The fraction of sp³-hybridized carbons (Fsp3) is 0.636. The van der Waals surface area contributed by atoms with Crippen LogP contribution in [0.1, 0.15) is 32.0 Å². The average molecular weight is 269 g/mol. The van der Waals surface area contributed by atoms with Crippen molar-refractivity contribution >= 4 is 12.0 Å². The fourth-order valence-corrected chi connectivity index (χ4v) is 1.50. The zero-order valence-corrected chi connectivity index (χ0v) is 11.1. The lowest BCUT2D eigenvalue weighted by atomic mass is 10.1. The predicted octanol–water partition coefficient (Wildman–Crippen LogP) is 0.258. The lowest BCUT2D eigenvalue weighted by Gasteiger charge is -2.14. The highest BCUT2D eigenvalue weighted by Gasteiger charge is 2.19. The number of aryl methyl sites for hydroxylation is 1. The molecule has 3 N–H and O–H groups in total. The first-order chi connectivity index (χ1) is 9.04. The smallest absolute Gasteiger partial charge is 0.326 e. The first-order valence-electron chi connectivity index (χ1n) is 6.14. The van der Waals surface area contributed by atoms with Crippen molar-refractivity contribution in [3.8, 4) is 0 Å². The van der Waals surface area contributed by atoms with Crippen LogP contribution < -0.4 is 10.6 Å². The van der Waals surface area contributed by atoms with E-state index in [0.717, 1.165) is 12.8 Å². The Morgan fingerprint density at radius 1 is 1.53 bits per heavy atom. The lowest BCUT2D eigenvalue weighted by molar-refractivity contribution is -0.139. The van der Waals surface area contributed by atoms with Crippen LogP contribution >= 0.6 is 0 Å². The number of rotatable bonds is 7. The number of nitrogens with zero attached hydrogens (tertiary/aromatic N) is 3. The third-order valence-electron chi connectivity index (χ3n) is 2.66. The molecule has 106 valence electrons. The molecule has 0 fully saturated rings. The summed E-state index contributed by atoms with van der Waals surface area (Å²) in [7, 11) is 1.76. The molecule has 0 aliphatic carbocycles. The average Bonchev–Trinajstić information content (AvgIpc) is 2.77. The van der Waals surface area contributed by atoms with Crippen molar-refractivity contribution in [3.63, 3.8) is 0 Å². The number of aromatic nitrogens is 3. The molecule has 0 bridgehead atoms. The molecule has 1 aromatic rings. The summed E-state index contributed by atoms with van der Waals surface area (Å²) >= 11 is 0. The van der Waals surface area contributed by atoms with E-state index in [1.807, 2.05) is 6.92 Å². The Balaban J connectivity index is 2.40. The van der Waals surface area contributed by atoms with Crippen LogP contribution in [0.3, 0.4) is 0 Å². The molecule has 0 radical (unpaired) electrons. The summed E-state index contributed by atoms with van der Waals surface area (Å²) in [5.74, 6) is -0.433. The largest absolute Gasteiger partial charge is 0.480 e. The molecule has 2 amide bonds. The van der Waals surface area contributed by atoms with E-state index >= 15 is 0 Å². The molecule has 0 spiro atoms. The third-order valence-corrected chi connectivity index (χ3v) is 2.66. The fourth-order valence-electron chi connectivity index (χ4n) is 1.50. The van der Waals surface area contributed by atoms with Crippen LogP contribution in [0.5, 0.6) is 0 Å². The summed E-state index contributed by atoms with van der Waals surface area (Å²) in [6, 6.07) is -1.38. The number of carbonyl (C=O) groups is 2. The first-order valence-corrected chi connectivity index (χ1v) is 6.14. The van der Waals surface area contributed by atoms with E-state index in [2.05, 4.69) is 20.8 Å². The molecule has 1 aromatic heterocycles. The lowest BCUT2D eigenvalue weighted by Crippen LogP contribution is -2.45. The molecule has 0 saturated carbocycles. The van der Waals surface area contributed by atoms with Crippen LogP contribution in [0, 0.1) is 0 Å². The molecule has 0 aliphatic heterocycles. The monoisotopic (exact) mass is 269 g/mol. The number of hydrogen-bond donors (Lipinski definition) is 3. The van der Waals surface area contributed by atoms with E-state index in [9.17, 15) is 9.59 Å². The molecule has 19 heavy (non-hydrogen) atoms. The van der Waals surface area contributed by atoms with Gasteiger partial charge in [-0.05, 0) is 6.42 Å². The molecule has 0 aliphatic rings. The van der Waals surface area contributed by atoms with Gasteiger partial charge < -0.3 is 20.3 Å². The van der Waals surface area contributed by atoms with Gasteiger partial charge in [-0.1, -0.05) is 19.8 Å². The second-order valence-corrected chi connectivity index (χ2v) is 4.22. The highest BCUT2D eigenvalue weighted by molar-refractivity contribution is 5.82. The molecule has 1 heterocycles. The minimum atomic E-state index is -1.03. The second-order valence-electron chi connectivity index (χ2n) is 4.22. The minimum absolute atomic E-state index is 0.197. The summed E-state index contributed by atoms with van der Waals surface area (Å²) in [6.07, 6.45) is 3.58. The summed E-state index contributed by atoms with van der Waals surface area (Å²) < 4.78 is 1.67. The highest BCUT2D eigenvalue weighted by atomic mass is 16.4. The molecule has 8 nitrogen and oxygen atoms in total. The van der Waals surface area contributed by atoms with Gasteiger partial charge in [0.25, 0.3) is 0 Å². The van der Waals surface area contributed by atoms with Crippen LogP contribution in [0.2, 0.25) is 0 Å². The number of carbonyl (C=O) groups excluding carboxylic acids is 1. The standard InChI is InChI=1S/C11H19N5O3/c1-3-4-5-8(10(17)18)14-11(19)12-6-9-15-13-7-16(9)2/h7-8H,3-6H2,1-2H3,(H,17,18)(H2,12,14,19)/t8-/m0/s1. The topological polar surface area (TPSA) is 109 Å². The number of hydrogen-bond acceptors (Lipinski definition) is 4. The summed E-state index contributed by atoms with van der Waals surface area (Å²) in [5.41, 5.74) is 0. The molecule has 8 heteroatoms. The molecule has 1 atom stereocenters. The van der Waals surface area contributed by atoms with Gasteiger partial charge in [0.15, 0.2) is 5.82 Å². The van der Waals surface area contributed by atoms with E-state index in [0.29, 0.717) is 12.2 Å².